The maximum Gasteiger partial charge on any atom is 0.268 e. The van der Waals surface area contributed by atoms with E-state index in [-0.39, 0.29) is 24.4 Å². The molecule has 4 nitrogen and oxygen atoms in total. The van der Waals surface area contributed by atoms with Gasteiger partial charge in [-0.2, -0.15) is 0 Å². The standard InChI is InChI=1S/C18H19BrN2O2.ClH/c19-14-6-8-16(9-7-14)23-17(13-4-2-1-3-5-13)18(22)21-11-10-15(20)12-21;/h1-9,15,17H,10-12,20H2;1H/t15-,17?;/m1./s1. The fourth-order valence-electron chi connectivity index (χ4n) is 2.69. The Bertz CT molecular complexity index is 666. The van der Waals surface area contributed by atoms with Crippen LogP contribution in [0.2, 0.25) is 0 Å². The zero-order valence-corrected chi connectivity index (χ0v) is 15.5. The summed E-state index contributed by atoms with van der Waals surface area (Å²) in [6, 6.07) is 17.1. The third kappa shape index (κ3) is 4.50. The van der Waals surface area contributed by atoms with Crippen molar-refractivity contribution in [3.63, 3.8) is 0 Å². The van der Waals surface area contributed by atoms with Gasteiger partial charge in [-0.3, -0.25) is 4.79 Å². The molecule has 0 spiro atoms. The summed E-state index contributed by atoms with van der Waals surface area (Å²) >= 11 is 3.40. The van der Waals surface area contributed by atoms with E-state index in [0.29, 0.717) is 18.8 Å². The first-order chi connectivity index (χ1) is 11.1. The molecule has 1 amide bonds. The smallest absolute Gasteiger partial charge is 0.268 e. The van der Waals surface area contributed by atoms with Gasteiger partial charge in [0.15, 0.2) is 0 Å². The van der Waals surface area contributed by atoms with E-state index >= 15 is 0 Å². The number of hydrogen-bond acceptors (Lipinski definition) is 3. The molecule has 1 saturated heterocycles. The number of benzene rings is 2. The summed E-state index contributed by atoms with van der Waals surface area (Å²) in [5.41, 5.74) is 6.78. The summed E-state index contributed by atoms with van der Waals surface area (Å²) < 4.78 is 6.98. The number of carbonyl (C=O) groups excluding carboxylic acids is 1. The predicted molar refractivity (Wildman–Crippen MR) is 100 cm³/mol. The largest absolute Gasteiger partial charge is 0.476 e. The fourth-order valence-corrected chi connectivity index (χ4v) is 2.96. The number of likely N-dealkylation sites (tertiary alicyclic amines) is 1. The first-order valence-electron chi connectivity index (χ1n) is 7.65. The number of nitrogens with two attached hydrogens (primary N) is 1. The number of amides is 1. The Labute approximate surface area is 156 Å². The summed E-state index contributed by atoms with van der Waals surface area (Å²) in [5, 5.41) is 0. The molecule has 1 heterocycles. The highest BCUT2D eigenvalue weighted by Gasteiger charge is 2.31. The molecule has 3 rings (SSSR count). The quantitative estimate of drug-likeness (QED) is 0.837. The van der Waals surface area contributed by atoms with Gasteiger partial charge in [0.1, 0.15) is 5.75 Å². The molecule has 1 fully saturated rings. The van der Waals surface area contributed by atoms with Gasteiger partial charge in [0.05, 0.1) is 0 Å². The molecule has 2 aromatic rings. The predicted octanol–water partition coefficient (Wildman–Crippen LogP) is 3.55. The van der Waals surface area contributed by atoms with Crippen molar-refractivity contribution in [3.8, 4) is 5.75 Å². The Balaban J connectivity index is 0.00000208. The van der Waals surface area contributed by atoms with E-state index in [1.807, 2.05) is 54.6 Å². The molecule has 24 heavy (non-hydrogen) atoms. The SMILES string of the molecule is Cl.N[C@@H]1CCN(C(=O)C(Oc2ccc(Br)cc2)c2ccccc2)C1. The van der Waals surface area contributed by atoms with Gasteiger partial charge in [-0.15, -0.1) is 12.4 Å². The molecule has 0 bridgehead atoms. The molecule has 0 saturated carbocycles. The molecule has 0 radical (unpaired) electrons. The highest BCUT2D eigenvalue weighted by atomic mass is 79.9. The van der Waals surface area contributed by atoms with E-state index in [2.05, 4.69) is 15.9 Å². The maximum absolute atomic E-state index is 12.9. The van der Waals surface area contributed by atoms with Gasteiger partial charge in [0.2, 0.25) is 6.10 Å². The number of ether oxygens (including phenoxy) is 1. The van der Waals surface area contributed by atoms with Crippen LogP contribution in [-0.4, -0.2) is 29.9 Å². The lowest BCUT2D eigenvalue weighted by Crippen LogP contribution is -2.37. The summed E-state index contributed by atoms with van der Waals surface area (Å²) in [4.78, 5) is 14.7. The highest BCUT2D eigenvalue weighted by Crippen LogP contribution is 2.26. The molecule has 128 valence electrons. The minimum atomic E-state index is -0.650. The molecule has 1 aliphatic rings. The minimum absolute atomic E-state index is 0. The lowest BCUT2D eigenvalue weighted by Gasteiger charge is -2.24. The molecule has 2 aromatic carbocycles. The number of rotatable bonds is 4. The Morgan fingerprint density at radius 3 is 2.42 bits per heavy atom. The second kappa shape index (κ2) is 8.51. The topological polar surface area (TPSA) is 55.6 Å². The Hall–Kier alpha value is -1.56. The lowest BCUT2D eigenvalue weighted by molar-refractivity contribution is -0.138. The minimum Gasteiger partial charge on any atom is -0.476 e. The van der Waals surface area contributed by atoms with E-state index in [1.165, 1.54) is 0 Å². The molecule has 0 aliphatic carbocycles. The average molecular weight is 412 g/mol. The Morgan fingerprint density at radius 1 is 1.17 bits per heavy atom. The zero-order valence-electron chi connectivity index (χ0n) is 13.1. The van der Waals surface area contributed by atoms with Gasteiger partial charge in [0.25, 0.3) is 5.91 Å². The highest BCUT2D eigenvalue weighted by molar-refractivity contribution is 9.10. The van der Waals surface area contributed by atoms with Crippen LogP contribution in [0.4, 0.5) is 0 Å². The second-order valence-corrected chi connectivity index (χ2v) is 6.61. The van der Waals surface area contributed by atoms with Crippen LogP contribution in [0, 0.1) is 0 Å². The van der Waals surface area contributed by atoms with Gasteiger partial charge in [-0.25, -0.2) is 0 Å². The fraction of sp³-hybridized carbons (Fsp3) is 0.278. The van der Waals surface area contributed by atoms with Crippen LogP contribution >= 0.6 is 28.3 Å². The van der Waals surface area contributed by atoms with Crippen LogP contribution in [0.15, 0.2) is 59.1 Å². The molecular formula is C18H20BrClN2O2. The van der Waals surface area contributed by atoms with Crippen LogP contribution in [0.3, 0.4) is 0 Å². The molecule has 6 heteroatoms. The number of halogens is 2. The number of hydrogen-bond donors (Lipinski definition) is 1. The van der Waals surface area contributed by atoms with Gasteiger partial charge in [-0.1, -0.05) is 46.3 Å². The van der Waals surface area contributed by atoms with E-state index in [9.17, 15) is 4.79 Å². The Morgan fingerprint density at radius 2 is 1.83 bits per heavy atom. The van der Waals surface area contributed by atoms with Gasteiger partial charge >= 0.3 is 0 Å². The van der Waals surface area contributed by atoms with Gasteiger partial charge in [-0.05, 0) is 30.7 Å². The summed E-state index contributed by atoms with van der Waals surface area (Å²) in [6.07, 6.45) is 0.189. The monoisotopic (exact) mass is 410 g/mol. The van der Waals surface area contributed by atoms with Crippen LogP contribution in [0.1, 0.15) is 18.1 Å². The van der Waals surface area contributed by atoms with Crippen molar-refractivity contribution >= 4 is 34.2 Å². The third-order valence-corrected chi connectivity index (χ3v) is 4.46. The van der Waals surface area contributed by atoms with E-state index < -0.39 is 6.10 Å². The van der Waals surface area contributed by atoms with E-state index in [4.69, 9.17) is 10.5 Å². The van der Waals surface area contributed by atoms with Gasteiger partial charge < -0.3 is 15.4 Å². The van der Waals surface area contributed by atoms with Crippen molar-refractivity contribution in [3.05, 3.63) is 64.6 Å². The number of carbonyl (C=O) groups is 1. The van der Waals surface area contributed by atoms with Crippen molar-refractivity contribution in [2.75, 3.05) is 13.1 Å². The van der Waals surface area contributed by atoms with E-state index in [1.54, 1.807) is 4.90 Å². The van der Waals surface area contributed by atoms with Crippen molar-refractivity contribution in [2.24, 2.45) is 5.73 Å². The second-order valence-electron chi connectivity index (χ2n) is 5.70. The number of nitrogens with zero attached hydrogens (tertiary/aromatic N) is 1. The van der Waals surface area contributed by atoms with Crippen LogP contribution < -0.4 is 10.5 Å². The van der Waals surface area contributed by atoms with Crippen LogP contribution in [0.25, 0.3) is 0 Å². The summed E-state index contributed by atoms with van der Waals surface area (Å²) in [6.45, 7) is 1.28. The van der Waals surface area contributed by atoms with Crippen LogP contribution in [-0.2, 0) is 4.79 Å². The van der Waals surface area contributed by atoms with Crippen molar-refractivity contribution in [1.82, 2.24) is 4.90 Å². The van der Waals surface area contributed by atoms with E-state index in [0.717, 1.165) is 16.5 Å². The van der Waals surface area contributed by atoms with Crippen LogP contribution in [0.5, 0.6) is 5.75 Å². The molecule has 2 atom stereocenters. The summed E-state index contributed by atoms with van der Waals surface area (Å²) in [5.74, 6) is 0.631. The van der Waals surface area contributed by atoms with Gasteiger partial charge in [0, 0.05) is 29.2 Å². The average Bonchev–Trinajstić information content (AvgIpc) is 3.01. The zero-order chi connectivity index (χ0) is 16.2. The first-order valence-corrected chi connectivity index (χ1v) is 8.44. The Kier molecular flexibility index (Phi) is 6.66. The first kappa shape index (κ1) is 18.8. The normalized spacial score (nSPS) is 17.9. The third-order valence-electron chi connectivity index (χ3n) is 3.93. The van der Waals surface area contributed by atoms with Crippen molar-refractivity contribution in [1.29, 1.82) is 0 Å². The summed E-state index contributed by atoms with van der Waals surface area (Å²) in [7, 11) is 0. The molecule has 1 unspecified atom stereocenters. The molecule has 2 N–H and O–H groups in total. The molecule has 0 aromatic heterocycles. The molecular weight excluding hydrogens is 392 g/mol. The van der Waals surface area contributed by atoms with Crippen molar-refractivity contribution < 1.29 is 9.53 Å². The van der Waals surface area contributed by atoms with Crippen molar-refractivity contribution in [2.45, 2.75) is 18.6 Å². The lowest BCUT2D eigenvalue weighted by atomic mass is 10.1. The maximum atomic E-state index is 12.9. The molecule has 1 aliphatic heterocycles.